The van der Waals surface area contributed by atoms with Crippen LogP contribution < -0.4 is 15.6 Å². The number of hydrogen-bond acceptors (Lipinski definition) is 6. The van der Waals surface area contributed by atoms with Gasteiger partial charge in [0.25, 0.3) is 11.5 Å². The Morgan fingerprint density at radius 1 is 1.21 bits per heavy atom. The van der Waals surface area contributed by atoms with Gasteiger partial charge in [-0.25, -0.2) is 0 Å². The maximum Gasteiger partial charge on any atom is 0.422 e. The summed E-state index contributed by atoms with van der Waals surface area (Å²) in [5, 5.41) is 20.7. The van der Waals surface area contributed by atoms with Gasteiger partial charge in [-0.3, -0.25) is 14.3 Å². The van der Waals surface area contributed by atoms with E-state index in [1.165, 1.54) is 61.3 Å². The minimum atomic E-state index is -4.47. The van der Waals surface area contributed by atoms with E-state index < -0.39 is 29.9 Å². The molecule has 1 amide bonds. The van der Waals surface area contributed by atoms with Gasteiger partial charge in [-0.1, -0.05) is 0 Å². The lowest BCUT2D eigenvalue weighted by atomic mass is 10.1. The Morgan fingerprint density at radius 2 is 1.88 bits per heavy atom. The molecule has 2 heterocycles. The fourth-order valence-corrected chi connectivity index (χ4v) is 2.77. The molecule has 0 saturated carbocycles. The fraction of sp³-hybridized carbons (Fsp3) is 0.333. The monoisotopic (exact) mass is 465 g/mol. The molecule has 0 aliphatic carbocycles. The van der Waals surface area contributed by atoms with E-state index in [1.54, 1.807) is 7.05 Å². The van der Waals surface area contributed by atoms with Gasteiger partial charge in [-0.2, -0.15) is 28.1 Å². The SMILES string of the molecule is Cn1cc(-n2nc(-c3ccc(OCC(F)(F)F)cc3)cc(C(=O)NCC(C)(C)O)c2=O)cn1. The molecule has 0 bridgehead atoms. The summed E-state index contributed by atoms with van der Waals surface area (Å²) in [6.45, 7) is 1.48. The number of alkyl halides is 3. The van der Waals surface area contributed by atoms with Crippen molar-refractivity contribution in [1.82, 2.24) is 24.9 Å². The average molecular weight is 465 g/mol. The first-order chi connectivity index (χ1) is 15.3. The number of benzene rings is 1. The standard InChI is InChI=1S/C21H22F3N5O4/c1-20(2,32)11-25-18(30)16-8-17(27-29(19(16)31)14-9-26-28(3)10-14)13-4-6-15(7-5-13)33-12-21(22,23)24/h4-10,32H,11-12H2,1-3H3,(H,25,30). The maximum atomic E-state index is 13.0. The Labute approximate surface area is 186 Å². The number of rotatable bonds is 7. The van der Waals surface area contributed by atoms with Crippen molar-refractivity contribution in [3.63, 3.8) is 0 Å². The summed E-state index contributed by atoms with van der Waals surface area (Å²) < 4.78 is 44.2. The van der Waals surface area contributed by atoms with Gasteiger partial charge < -0.3 is 15.2 Å². The second-order valence-electron chi connectivity index (χ2n) is 7.96. The molecule has 12 heteroatoms. The normalized spacial score (nSPS) is 12.0. The second kappa shape index (κ2) is 9.06. The lowest BCUT2D eigenvalue weighted by molar-refractivity contribution is -0.153. The molecule has 0 unspecified atom stereocenters. The van der Waals surface area contributed by atoms with Crippen molar-refractivity contribution in [3.05, 3.63) is 58.6 Å². The van der Waals surface area contributed by atoms with E-state index in [0.29, 0.717) is 11.3 Å². The number of nitrogens with zero attached hydrogens (tertiary/aromatic N) is 4. The number of amides is 1. The Morgan fingerprint density at radius 3 is 2.42 bits per heavy atom. The molecule has 3 rings (SSSR count). The van der Waals surface area contributed by atoms with Crippen molar-refractivity contribution in [1.29, 1.82) is 0 Å². The molecular formula is C21H22F3N5O4. The van der Waals surface area contributed by atoms with Gasteiger partial charge in [-0.05, 0) is 44.2 Å². The summed E-state index contributed by atoms with van der Waals surface area (Å²) in [5.41, 5.74) is -1.17. The van der Waals surface area contributed by atoms with Gasteiger partial charge in [0, 0.05) is 19.2 Å². The predicted molar refractivity (Wildman–Crippen MR) is 112 cm³/mol. The fourth-order valence-electron chi connectivity index (χ4n) is 2.77. The summed E-state index contributed by atoms with van der Waals surface area (Å²) in [6, 6.07) is 6.86. The van der Waals surface area contributed by atoms with Crippen LogP contribution >= 0.6 is 0 Å². The Bertz CT molecular complexity index is 1190. The Hall–Kier alpha value is -3.67. The molecule has 0 fully saturated rings. The summed E-state index contributed by atoms with van der Waals surface area (Å²) in [6.07, 6.45) is -1.54. The smallest absolute Gasteiger partial charge is 0.422 e. The van der Waals surface area contributed by atoms with E-state index in [2.05, 4.69) is 15.5 Å². The predicted octanol–water partition coefficient (Wildman–Crippen LogP) is 2.07. The summed E-state index contributed by atoms with van der Waals surface area (Å²) in [7, 11) is 1.65. The van der Waals surface area contributed by atoms with Crippen molar-refractivity contribution in [2.75, 3.05) is 13.2 Å². The summed E-state index contributed by atoms with van der Waals surface area (Å²) in [5.74, 6) is -0.714. The lowest BCUT2D eigenvalue weighted by Gasteiger charge is -2.18. The number of aliphatic hydroxyl groups is 1. The second-order valence-corrected chi connectivity index (χ2v) is 7.96. The number of carbonyl (C=O) groups excluding carboxylic acids is 1. The molecule has 0 aliphatic rings. The third-order valence-electron chi connectivity index (χ3n) is 4.33. The molecule has 9 nitrogen and oxygen atoms in total. The van der Waals surface area contributed by atoms with Gasteiger partial charge in [0.1, 0.15) is 17.0 Å². The van der Waals surface area contributed by atoms with Crippen LogP contribution in [0.3, 0.4) is 0 Å². The van der Waals surface area contributed by atoms with Gasteiger partial charge in [-0.15, -0.1) is 0 Å². The highest BCUT2D eigenvalue weighted by atomic mass is 19.4. The van der Waals surface area contributed by atoms with E-state index in [9.17, 15) is 27.9 Å². The molecule has 0 radical (unpaired) electrons. The van der Waals surface area contributed by atoms with Crippen LogP contribution in [0.1, 0.15) is 24.2 Å². The van der Waals surface area contributed by atoms with Crippen molar-refractivity contribution in [2.24, 2.45) is 7.05 Å². The molecular weight excluding hydrogens is 443 g/mol. The van der Waals surface area contributed by atoms with Crippen molar-refractivity contribution >= 4 is 5.91 Å². The molecule has 2 aromatic heterocycles. The van der Waals surface area contributed by atoms with Crippen LogP contribution in [-0.2, 0) is 7.05 Å². The molecule has 3 aromatic rings. The summed E-state index contributed by atoms with van der Waals surface area (Å²) >= 11 is 0. The number of hydrogen-bond donors (Lipinski definition) is 2. The van der Waals surface area contributed by atoms with Crippen LogP contribution in [0.4, 0.5) is 13.2 Å². The Balaban J connectivity index is 2.00. The van der Waals surface area contributed by atoms with Crippen LogP contribution in [-0.4, -0.2) is 55.5 Å². The topological polar surface area (TPSA) is 111 Å². The highest BCUT2D eigenvalue weighted by Gasteiger charge is 2.28. The number of halogens is 3. The largest absolute Gasteiger partial charge is 0.484 e. The molecule has 0 aliphatic heterocycles. The van der Waals surface area contributed by atoms with E-state index in [1.807, 2.05) is 0 Å². The number of aryl methyl sites for hydroxylation is 1. The quantitative estimate of drug-likeness (QED) is 0.553. The van der Waals surface area contributed by atoms with Crippen LogP contribution in [0, 0.1) is 0 Å². The average Bonchev–Trinajstić information content (AvgIpc) is 3.16. The number of nitrogens with one attached hydrogen (secondary N) is 1. The van der Waals surface area contributed by atoms with Gasteiger partial charge >= 0.3 is 6.18 Å². The molecule has 2 N–H and O–H groups in total. The van der Waals surface area contributed by atoms with Gasteiger partial charge in [0.2, 0.25) is 0 Å². The highest BCUT2D eigenvalue weighted by Crippen LogP contribution is 2.23. The van der Waals surface area contributed by atoms with Crippen molar-refractivity contribution < 1.29 is 27.8 Å². The molecule has 0 spiro atoms. The molecule has 0 saturated heterocycles. The number of ether oxygens (including phenoxy) is 1. The summed E-state index contributed by atoms with van der Waals surface area (Å²) in [4.78, 5) is 25.7. The first kappa shape index (κ1) is 24.0. The minimum Gasteiger partial charge on any atom is -0.484 e. The zero-order chi connectivity index (χ0) is 24.4. The van der Waals surface area contributed by atoms with E-state index >= 15 is 0 Å². The lowest BCUT2D eigenvalue weighted by Crippen LogP contribution is -2.41. The van der Waals surface area contributed by atoms with E-state index in [0.717, 1.165) is 4.68 Å². The maximum absolute atomic E-state index is 13.0. The number of carbonyl (C=O) groups is 1. The van der Waals surface area contributed by atoms with Crippen LogP contribution in [0.5, 0.6) is 5.75 Å². The van der Waals surface area contributed by atoms with E-state index in [4.69, 9.17) is 4.74 Å². The Kier molecular flexibility index (Phi) is 6.58. The third-order valence-corrected chi connectivity index (χ3v) is 4.33. The van der Waals surface area contributed by atoms with E-state index in [-0.39, 0.29) is 23.6 Å². The third kappa shape index (κ3) is 6.42. The molecule has 33 heavy (non-hydrogen) atoms. The molecule has 0 atom stereocenters. The zero-order valence-corrected chi connectivity index (χ0v) is 18.1. The van der Waals surface area contributed by atoms with Crippen molar-refractivity contribution in [2.45, 2.75) is 25.6 Å². The van der Waals surface area contributed by atoms with Gasteiger partial charge in [0.05, 0.1) is 23.7 Å². The molecule has 1 aromatic carbocycles. The zero-order valence-electron chi connectivity index (χ0n) is 18.1. The highest BCUT2D eigenvalue weighted by molar-refractivity contribution is 5.94. The van der Waals surface area contributed by atoms with Crippen LogP contribution in [0.2, 0.25) is 0 Å². The number of aromatic nitrogens is 4. The van der Waals surface area contributed by atoms with Gasteiger partial charge in [0.15, 0.2) is 6.61 Å². The minimum absolute atomic E-state index is 0.000186. The van der Waals surface area contributed by atoms with Crippen LogP contribution in [0.15, 0.2) is 47.5 Å². The van der Waals surface area contributed by atoms with Crippen LogP contribution in [0.25, 0.3) is 16.9 Å². The first-order valence-electron chi connectivity index (χ1n) is 9.76. The molecule has 176 valence electrons. The first-order valence-corrected chi connectivity index (χ1v) is 9.76. The van der Waals surface area contributed by atoms with Crippen molar-refractivity contribution in [3.8, 4) is 22.7 Å².